The fraction of sp³-hybridized carbons (Fsp3) is 0.538. The average molecular weight is 276 g/mol. The summed E-state index contributed by atoms with van der Waals surface area (Å²) in [5.41, 5.74) is -2.42. The van der Waals surface area contributed by atoms with E-state index in [1.54, 1.807) is 24.3 Å². The largest absolute Gasteiger partial charge is 0.493 e. The molecule has 2 N–H and O–H groups in total. The second-order valence-corrected chi connectivity index (χ2v) is 4.76. The predicted molar refractivity (Wildman–Crippen MR) is 62.0 cm³/mol. The van der Waals surface area contributed by atoms with E-state index in [0.29, 0.717) is 24.3 Å². The number of aliphatic hydroxyl groups is 2. The molecule has 0 aromatic heterocycles. The minimum Gasteiger partial charge on any atom is -0.493 e. The fourth-order valence-corrected chi connectivity index (χ4v) is 2.31. The Bertz CT molecular complexity index is 447. The molecule has 106 valence electrons. The normalized spacial score (nSPS) is 22.3. The van der Waals surface area contributed by atoms with Crippen LogP contribution in [0.15, 0.2) is 24.3 Å². The van der Waals surface area contributed by atoms with Gasteiger partial charge in [0.1, 0.15) is 5.75 Å². The van der Waals surface area contributed by atoms with Gasteiger partial charge in [-0.1, -0.05) is 18.2 Å². The molecule has 3 nitrogen and oxygen atoms in total. The molecule has 0 fully saturated rings. The number of rotatable bonds is 3. The zero-order chi connectivity index (χ0) is 14.1. The lowest BCUT2D eigenvalue weighted by atomic mass is 9.82. The van der Waals surface area contributed by atoms with Crippen molar-refractivity contribution in [2.45, 2.75) is 30.5 Å². The highest BCUT2D eigenvalue weighted by molar-refractivity contribution is 5.38. The van der Waals surface area contributed by atoms with E-state index in [-0.39, 0.29) is 0 Å². The van der Waals surface area contributed by atoms with Gasteiger partial charge in [-0.05, 0) is 30.4 Å². The van der Waals surface area contributed by atoms with E-state index in [1.807, 2.05) is 0 Å². The van der Waals surface area contributed by atoms with Gasteiger partial charge in [0, 0.05) is 0 Å². The first-order valence-corrected chi connectivity index (χ1v) is 5.99. The molecule has 19 heavy (non-hydrogen) atoms. The Morgan fingerprint density at radius 2 is 1.95 bits per heavy atom. The van der Waals surface area contributed by atoms with Crippen molar-refractivity contribution in [2.24, 2.45) is 0 Å². The molecule has 2 atom stereocenters. The Labute approximate surface area is 108 Å². The van der Waals surface area contributed by atoms with Crippen LogP contribution < -0.4 is 4.74 Å². The van der Waals surface area contributed by atoms with E-state index in [0.717, 1.165) is 0 Å². The van der Waals surface area contributed by atoms with Gasteiger partial charge in [-0.3, -0.25) is 0 Å². The van der Waals surface area contributed by atoms with Crippen LogP contribution in [0.2, 0.25) is 0 Å². The Balaban J connectivity index is 2.25. The number of aliphatic hydroxyl groups excluding tert-OH is 1. The molecular formula is C13H15F3O3. The molecule has 6 heteroatoms. The van der Waals surface area contributed by atoms with E-state index in [2.05, 4.69) is 0 Å². The van der Waals surface area contributed by atoms with Gasteiger partial charge in [-0.25, -0.2) is 0 Å². The van der Waals surface area contributed by atoms with Crippen LogP contribution in [0.4, 0.5) is 13.2 Å². The first-order chi connectivity index (χ1) is 8.87. The van der Waals surface area contributed by atoms with E-state index < -0.39 is 30.7 Å². The summed E-state index contributed by atoms with van der Waals surface area (Å²) < 4.78 is 43.7. The maximum Gasteiger partial charge on any atom is 0.419 e. The predicted octanol–water partition coefficient (Wildman–Crippen LogP) is 2.23. The number of para-hydroxylation sites is 1. The van der Waals surface area contributed by atoms with Crippen LogP contribution in [-0.2, 0) is 0 Å². The lowest BCUT2D eigenvalue weighted by Crippen LogP contribution is -2.49. The van der Waals surface area contributed by atoms with Crippen LogP contribution in [-0.4, -0.2) is 35.2 Å². The van der Waals surface area contributed by atoms with Gasteiger partial charge in [-0.15, -0.1) is 0 Å². The molecule has 2 rings (SSSR count). The second kappa shape index (κ2) is 5.02. The number of hydrogen-bond donors (Lipinski definition) is 2. The molecule has 1 aliphatic rings. The minimum atomic E-state index is -4.85. The Morgan fingerprint density at radius 3 is 2.58 bits per heavy atom. The number of halogens is 3. The Hall–Kier alpha value is -1.27. The molecule has 1 aromatic carbocycles. The quantitative estimate of drug-likeness (QED) is 0.890. The number of hydrogen-bond acceptors (Lipinski definition) is 3. The maximum atomic E-state index is 12.8. The molecule has 0 spiro atoms. The van der Waals surface area contributed by atoms with Crippen LogP contribution in [0.3, 0.4) is 0 Å². The summed E-state index contributed by atoms with van der Waals surface area (Å²) in [6.45, 7) is -1.03. The third kappa shape index (κ3) is 2.69. The highest BCUT2D eigenvalue weighted by Gasteiger charge is 2.54. The highest BCUT2D eigenvalue weighted by Crippen LogP contribution is 2.43. The van der Waals surface area contributed by atoms with Crippen LogP contribution in [0.25, 0.3) is 0 Å². The summed E-state index contributed by atoms with van der Waals surface area (Å²) in [6.07, 6.45) is -5.03. The molecular weight excluding hydrogens is 261 g/mol. The molecule has 0 saturated heterocycles. The fourth-order valence-electron chi connectivity index (χ4n) is 2.31. The zero-order valence-electron chi connectivity index (χ0n) is 10.2. The number of fused-ring (bicyclic) bond motifs is 1. The van der Waals surface area contributed by atoms with E-state index in [1.165, 1.54) is 0 Å². The average Bonchev–Trinajstić information content (AvgIpc) is 2.38. The topological polar surface area (TPSA) is 49.7 Å². The summed E-state index contributed by atoms with van der Waals surface area (Å²) in [4.78, 5) is 0. The van der Waals surface area contributed by atoms with Gasteiger partial charge in [0.05, 0.1) is 13.2 Å². The van der Waals surface area contributed by atoms with Gasteiger partial charge in [0.15, 0.2) is 5.60 Å². The molecule has 1 heterocycles. The number of benzene rings is 1. The van der Waals surface area contributed by atoms with Gasteiger partial charge in [-0.2, -0.15) is 13.2 Å². The van der Waals surface area contributed by atoms with Crippen LogP contribution >= 0.6 is 0 Å². The van der Waals surface area contributed by atoms with Crippen molar-refractivity contribution < 1.29 is 28.1 Å². The molecule has 0 bridgehead atoms. The lowest BCUT2D eigenvalue weighted by molar-refractivity contribution is -0.275. The summed E-state index contributed by atoms with van der Waals surface area (Å²) >= 11 is 0. The van der Waals surface area contributed by atoms with E-state index in [9.17, 15) is 18.3 Å². The third-order valence-corrected chi connectivity index (χ3v) is 3.46. The van der Waals surface area contributed by atoms with Crippen molar-refractivity contribution in [3.8, 4) is 5.75 Å². The zero-order valence-corrected chi connectivity index (χ0v) is 10.2. The van der Waals surface area contributed by atoms with Crippen molar-refractivity contribution in [3.05, 3.63) is 29.8 Å². The van der Waals surface area contributed by atoms with E-state index >= 15 is 0 Å². The Kier molecular flexibility index (Phi) is 3.73. The molecule has 0 amide bonds. The van der Waals surface area contributed by atoms with Crippen LogP contribution in [0.5, 0.6) is 5.75 Å². The first-order valence-electron chi connectivity index (χ1n) is 5.99. The first kappa shape index (κ1) is 14.1. The van der Waals surface area contributed by atoms with Gasteiger partial charge in [0.25, 0.3) is 0 Å². The molecule has 2 unspecified atom stereocenters. The van der Waals surface area contributed by atoms with Crippen molar-refractivity contribution in [1.29, 1.82) is 0 Å². The van der Waals surface area contributed by atoms with Crippen LogP contribution in [0.1, 0.15) is 24.3 Å². The summed E-state index contributed by atoms with van der Waals surface area (Å²) in [7, 11) is 0. The lowest BCUT2D eigenvalue weighted by Gasteiger charge is -2.34. The molecule has 0 saturated carbocycles. The molecule has 1 aromatic rings. The van der Waals surface area contributed by atoms with Crippen molar-refractivity contribution in [3.63, 3.8) is 0 Å². The monoisotopic (exact) mass is 276 g/mol. The standard InChI is InChI=1S/C13H15F3O3/c14-13(15,16)12(18,8-17)7-9-5-6-19-11-4-2-1-3-10(9)11/h1-4,9,17-18H,5-8H2. The maximum absolute atomic E-state index is 12.8. The van der Waals surface area contributed by atoms with Crippen LogP contribution in [0, 0.1) is 0 Å². The minimum absolute atomic E-state index is 0.307. The molecule has 0 aliphatic carbocycles. The summed E-state index contributed by atoms with van der Waals surface area (Å²) in [5, 5.41) is 18.5. The smallest absolute Gasteiger partial charge is 0.419 e. The van der Waals surface area contributed by atoms with Gasteiger partial charge in [0.2, 0.25) is 0 Å². The van der Waals surface area contributed by atoms with Gasteiger partial charge >= 0.3 is 6.18 Å². The SMILES string of the molecule is OCC(O)(CC1CCOc2ccccc21)C(F)(F)F. The van der Waals surface area contributed by atoms with Crippen molar-refractivity contribution in [1.82, 2.24) is 0 Å². The summed E-state index contributed by atoms with van der Waals surface area (Å²) in [6, 6.07) is 6.83. The third-order valence-electron chi connectivity index (χ3n) is 3.46. The highest BCUT2D eigenvalue weighted by atomic mass is 19.4. The second-order valence-electron chi connectivity index (χ2n) is 4.76. The molecule has 0 radical (unpaired) electrons. The van der Waals surface area contributed by atoms with Gasteiger partial charge < -0.3 is 14.9 Å². The number of ether oxygens (including phenoxy) is 1. The van der Waals surface area contributed by atoms with Crippen molar-refractivity contribution >= 4 is 0 Å². The molecule has 1 aliphatic heterocycles. The summed E-state index contributed by atoms with van der Waals surface area (Å²) in [5.74, 6) is 0.0601. The number of alkyl halides is 3. The van der Waals surface area contributed by atoms with Crippen molar-refractivity contribution in [2.75, 3.05) is 13.2 Å². The Morgan fingerprint density at radius 1 is 1.26 bits per heavy atom. The van der Waals surface area contributed by atoms with E-state index in [4.69, 9.17) is 9.84 Å².